The van der Waals surface area contributed by atoms with Crippen molar-refractivity contribution in [1.29, 1.82) is 0 Å². The minimum Gasteiger partial charge on any atom is -0.393 e. The van der Waals surface area contributed by atoms with E-state index in [1.54, 1.807) is 6.07 Å². The SMILES string of the molecule is C[C@]12CC[C@@H]3c4ccc(O[N+](=O)[O-])cc4CC[C@H]3[C@@H]1CC[C@@H]2O. The summed E-state index contributed by atoms with van der Waals surface area (Å²) < 4.78 is 0. The third-order valence-corrected chi connectivity index (χ3v) is 6.83. The van der Waals surface area contributed by atoms with Gasteiger partial charge in [0.1, 0.15) is 5.75 Å². The van der Waals surface area contributed by atoms with Crippen LogP contribution in [0, 0.1) is 27.4 Å². The second-order valence-electron chi connectivity index (χ2n) is 7.73. The van der Waals surface area contributed by atoms with Crippen LogP contribution < -0.4 is 4.84 Å². The molecule has 1 aromatic carbocycles. The largest absolute Gasteiger partial charge is 0.393 e. The molecule has 0 aromatic heterocycles. The number of fused-ring (bicyclic) bond motifs is 5. The minimum atomic E-state index is -0.751. The normalized spacial score (nSPS) is 38.3. The highest BCUT2D eigenvalue weighted by Gasteiger charge is 2.54. The van der Waals surface area contributed by atoms with Crippen molar-refractivity contribution in [1.82, 2.24) is 0 Å². The van der Waals surface area contributed by atoms with Crippen LogP contribution in [-0.2, 0) is 6.42 Å². The molecule has 0 spiro atoms. The van der Waals surface area contributed by atoms with Gasteiger partial charge in [-0.05, 0) is 85.0 Å². The molecule has 0 amide bonds. The van der Waals surface area contributed by atoms with Gasteiger partial charge in [0.15, 0.2) is 0 Å². The Balaban J connectivity index is 1.63. The fraction of sp³-hybridized carbons (Fsp3) is 0.667. The van der Waals surface area contributed by atoms with Crippen LogP contribution in [0.15, 0.2) is 18.2 Å². The number of benzene rings is 1. The van der Waals surface area contributed by atoms with Crippen LogP contribution >= 0.6 is 0 Å². The first-order chi connectivity index (χ1) is 11.0. The van der Waals surface area contributed by atoms with Crippen LogP contribution in [0.5, 0.6) is 5.75 Å². The first kappa shape index (κ1) is 14.9. The molecule has 1 aromatic rings. The smallest absolute Gasteiger partial charge is 0.299 e. The van der Waals surface area contributed by atoms with Crippen LogP contribution in [0.3, 0.4) is 0 Å². The van der Waals surface area contributed by atoms with E-state index < -0.39 is 5.09 Å². The molecular weight excluding hydrogens is 294 g/mol. The summed E-state index contributed by atoms with van der Waals surface area (Å²) in [5, 5.41) is 20.2. The quantitative estimate of drug-likeness (QED) is 0.669. The molecule has 0 saturated heterocycles. The van der Waals surface area contributed by atoms with E-state index in [4.69, 9.17) is 0 Å². The monoisotopic (exact) mass is 317 g/mol. The van der Waals surface area contributed by atoms with Crippen molar-refractivity contribution < 1.29 is 15.0 Å². The summed E-state index contributed by atoms with van der Waals surface area (Å²) >= 11 is 0. The van der Waals surface area contributed by atoms with Gasteiger partial charge >= 0.3 is 0 Å². The van der Waals surface area contributed by atoms with Gasteiger partial charge in [-0.25, -0.2) is 0 Å². The van der Waals surface area contributed by atoms with Crippen molar-refractivity contribution in [2.45, 2.75) is 57.5 Å². The van der Waals surface area contributed by atoms with Gasteiger partial charge < -0.3 is 5.11 Å². The van der Waals surface area contributed by atoms with E-state index in [1.807, 2.05) is 12.1 Å². The highest BCUT2D eigenvalue weighted by atomic mass is 17.0. The van der Waals surface area contributed by atoms with E-state index in [0.717, 1.165) is 38.5 Å². The van der Waals surface area contributed by atoms with Gasteiger partial charge in [-0.3, -0.25) is 4.84 Å². The van der Waals surface area contributed by atoms with E-state index in [9.17, 15) is 15.2 Å². The van der Waals surface area contributed by atoms with Crippen LogP contribution in [-0.4, -0.2) is 16.3 Å². The van der Waals surface area contributed by atoms with Gasteiger partial charge in [0.05, 0.1) is 6.10 Å². The average Bonchev–Trinajstić information content (AvgIpc) is 2.82. The lowest BCUT2D eigenvalue weighted by Gasteiger charge is -2.50. The van der Waals surface area contributed by atoms with E-state index in [-0.39, 0.29) is 11.5 Å². The Kier molecular flexibility index (Phi) is 3.38. The fourth-order valence-electron chi connectivity index (χ4n) is 5.67. The Morgan fingerprint density at radius 2 is 2.13 bits per heavy atom. The number of aryl methyl sites for hydroxylation is 1. The van der Waals surface area contributed by atoms with Gasteiger partial charge in [0.2, 0.25) is 0 Å². The third-order valence-electron chi connectivity index (χ3n) is 6.83. The zero-order valence-corrected chi connectivity index (χ0v) is 13.4. The molecule has 5 heteroatoms. The topological polar surface area (TPSA) is 72.6 Å². The Bertz CT molecular complexity index is 646. The summed E-state index contributed by atoms with van der Waals surface area (Å²) in [5.74, 6) is 2.11. The molecule has 5 nitrogen and oxygen atoms in total. The molecule has 2 saturated carbocycles. The molecule has 5 atom stereocenters. The van der Waals surface area contributed by atoms with E-state index in [2.05, 4.69) is 11.8 Å². The Morgan fingerprint density at radius 1 is 1.30 bits per heavy atom. The maximum absolute atomic E-state index is 10.5. The van der Waals surface area contributed by atoms with Crippen molar-refractivity contribution in [3.05, 3.63) is 39.4 Å². The van der Waals surface area contributed by atoms with E-state index in [1.165, 1.54) is 11.1 Å². The maximum Gasteiger partial charge on any atom is 0.299 e. The molecule has 0 aliphatic heterocycles. The van der Waals surface area contributed by atoms with Gasteiger partial charge in [0, 0.05) is 0 Å². The molecule has 124 valence electrons. The van der Waals surface area contributed by atoms with Crippen molar-refractivity contribution in [2.75, 3.05) is 0 Å². The lowest BCUT2D eigenvalue weighted by molar-refractivity contribution is -0.711. The summed E-state index contributed by atoms with van der Waals surface area (Å²) in [6, 6.07) is 5.59. The second kappa shape index (κ2) is 5.20. The summed E-state index contributed by atoms with van der Waals surface area (Å²) in [5.41, 5.74) is 2.64. The Hall–Kier alpha value is -1.62. The maximum atomic E-state index is 10.5. The van der Waals surface area contributed by atoms with Crippen molar-refractivity contribution in [3.8, 4) is 5.75 Å². The number of hydrogen-bond donors (Lipinski definition) is 1. The Labute approximate surface area is 135 Å². The van der Waals surface area contributed by atoms with Crippen LogP contribution in [0.4, 0.5) is 0 Å². The number of nitrogens with zero attached hydrogens (tertiary/aromatic N) is 1. The van der Waals surface area contributed by atoms with Crippen molar-refractivity contribution >= 4 is 0 Å². The van der Waals surface area contributed by atoms with Crippen LogP contribution in [0.25, 0.3) is 0 Å². The zero-order valence-electron chi connectivity index (χ0n) is 13.4. The molecule has 23 heavy (non-hydrogen) atoms. The van der Waals surface area contributed by atoms with Gasteiger partial charge in [-0.15, -0.1) is 10.1 Å². The molecule has 3 aliphatic carbocycles. The zero-order chi connectivity index (χ0) is 16.2. The van der Waals surface area contributed by atoms with Gasteiger partial charge in [-0.1, -0.05) is 13.0 Å². The second-order valence-corrected chi connectivity index (χ2v) is 7.73. The van der Waals surface area contributed by atoms with Gasteiger partial charge in [-0.2, -0.15) is 0 Å². The van der Waals surface area contributed by atoms with Gasteiger partial charge in [0.25, 0.3) is 5.09 Å². The van der Waals surface area contributed by atoms with Crippen LogP contribution in [0.2, 0.25) is 0 Å². The molecule has 3 aliphatic rings. The number of aliphatic hydroxyl groups excluding tert-OH is 1. The standard InChI is InChI=1S/C18H23NO4/c1-18-9-8-14-13-5-3-12(23-19(21)22)10-11(13)2-4-15(14)16(18)6-7-17(18)20/h3,5,10,14-17,20H,2,4,6-9H2,1H3/t14-,15-,16+,17+,18+/m1/s1. The summed E-state index contributed by atoms with van der Waals surface area (Å²) in [6.45, 7) is 2.27. The van der Waals surface area contributed by atoms with E-state index >= 15 is 0 Å². The predicted molar refractivity (Wildman–Crippen MR) is 84.7 cm³/mol. The molecule has 0 radical (unpaired) electrons. The third kappa shape index (κ3) is 2.24. The Morgan fingerprint density at radius 3 is 2.91 bits per heavy atom. The lowest BCUT2D eigenvalue weighted by atomic mass is 9.55. The fourth-order valence-corrected chi connectivity index (χ4v) is 5.67. The first-order valence-corrected chi connectivity index (χ1v) is 8.62. The summed E-state index contributed by atoms with van der Waals surface area (Å²) in [6.07, 6.45) is 6.18. The van der Waals surface area contributed by atoms with E-state index in [0.29, 0.717) is 23.5 Å². The summed E-state index contributed by atoms with van der Waals surface area (Å²) in [4.78, 5) is 15.1. The highest BCUT2D eigenvalue weighted by molar-refractivity contribution is 5.40. The molecule has 0 heterocycles. The number of rotatable bonds is 2. The predicted octanol–water partition coefficient (Wildman–Crippen LogP) is 3.47. The minimum absolute atomic E-state index is 0.0906. The molecule has 0 unspecified atom stereocenters. The molecular formula is C18H23NO4. The molecule has 4 rings (SSSR count). The summed E-state index contributed by atoms with van der Waals surface area (Å²) in [7, 11) is 0. The lowest BCUT2D eigenvalue weighted by Crippen LogP contribution is -2.43. The van der Waals surface area contributed by atoms with Crippen molar-refractivity contribution in [2.24, 2.45) is 17.3 Å². The average molecular weight is 317 g/mol. The molecule has 2 fully saturated rings. The first-order valence-electron chi connectivity index (χ1n) is 8.62. The highest BCUT2D eigenvalue weighted by Crippen LogP contribution is 2.60. The molecule has 0 bridgehead atoms. The number of aliphatic hydroxyl groups is 1. The van der Waals surface area contributed by atoms with Crippen molar-refractivity contribution in [3.63, 3.8) is 0 Å². The molecule has 1 N–H and O–H groups in total. The number of hydrogen-bond acceptors (Lipinski definition) is 4. The van der Waals surface area contributed by atoms with Crippen LogP contribution in [0.1, 0.15) is 56.1 Å².